The lowest BCUT2D eigenvalue weighted by Crippen LogP contribution is -2.46. The van der Waals surface area contributed by atoms with Gasteiger partial charge in [-0.15, -0.1) is 23.1 Å². The Morgan fingerprint density at radius 1 is 1.50 bits per heavy atom. The molecule has 0 spiro atoms. The fourth-order valence-electron chi connectivity index (χ4n) is 3.20. The predicted octanol–water partition coefficient (Wildman–Crippen LogP) is 1.25. The molecule has 0 aromatic carbocycles. The van der Waals surface area contributed by atoms with Crippen LogP contribution in [0.25, 0.3) is 4.96 Å². The summed E-state index contributed by atoms with van der Waals surface area (Å²) in [6.45, 7) is 1.92. The van der Waals surface area contributed by atoms with Gasteiger partial charge in [0.15, 0.2) is 4.96 Å². The first-order valence-electron chi connectivity index (χ1n) is 7.56. The quantitative estimate of drug-likeness (QED) is 0.762. The molecule has 1 amide bonds. The van der Waals surface area contributed by atoms with Gasteiger partial charge in [0.25, 0.3) is 5.56 Å². The zero-order valence-electron chi connectivity index (χ0n) is 12.9. The van der Waals surface area contributed by atoms with Gasteiger partial charge in [-0.05, 0) is 13.3 Å². The van der Waals surface area contributed by atoms with E-state index in [1.807, 2.05) is 6.92 Å². The standard InChI is InChI=1S/C15H15N3O4S2/c1-15-3-2-11(19)18(15)10(8-24-15)13(21)22-7-9-6-12(20)17-4-5-23-14(17)16-9/h4-6,10H,2-3,7-8H2,1H3/t10-,15-/m1/s1. The van der Waals surface area contributed by atoms with Crippen LogP contribution in [0.1, 0.15) is 25.5 Å². The van der Waals surface area contributed by atoms with E-state index in [2.05, 4.69) is 4.98 Å². The van der Waals surface area contributed by atoms with Gasteiger partial charge >= 0.3 is 5.97 Å². The summed E-state index contributed by atoms with van der Waals surface area (Å²) in [7, 11) is 0. The second-order valence-corrected chi connectivity index (χ2v) is 8.39. The number of carbonyl (C=O) groups is 2. The summed E-state index contributed by atoms with van der Waals surface area (Å²) in [5.74, 6) is 0.108. The topological polar surface area (TPSA) is 81.0 Å². The maximum atomic E-state index is 12.4. The number of fused-ring (bicyclic) bond motifs is 2. The van der Waals surface area contributed by atoms with Gasteiger partial charge in [0.05, 0.1) is 10.6 Å². The number of thioether (sulfide) groups is 1. The summed E-state index contributed by atoms with van der Waals surface area (Å²) >= 11 is 2.96. The summed E-state index contributed by atoms with van der Waals surface area (Å²) < 4.78 is 6.78. The summed E-state index contributed by atoms with van der Waals surface area (Å²) in [4.78, 5) is 42.6. The molecule has 0 unspecified atom stereocenters. The van der Waals surface area contributed by atoms with E-state index < -0.39 is 12.0 Å². The van der Waals surface area contributed by atoms with Gasteiger partial charge in [0.2, 0.25) is 5.91 Å². The van der Waals surface area contributed by atoms with Crippen LogP contribution < -0.4 is 5.56 Å². The smallest absolute Gasteiger partial charge is 0.330 e. The maximum absolute atomic E-state index is 12.4. The third kappa shape index (κ3) is 2.42. The number of ether oxygens (including phenoxy) is 1. The number of esters is 1. The highest BCUT2D eigenvalue weighted by Gasteiger charge is 2.53. The number of nitrogens with zero attached hydrogens (tertiary/aromatic N) is 3. The van der Waals surface area contributed by atoms with Crippen molar-refractivity contribution in [3.05, 3.63) is 33.7 Å². The zero-order chi connectivity index (χ0) is 16.9. The Kier molecular flexibility index (Phi) is 3.65. The highest BCUT2D eigenvalue weighted by molar-refractivity contribution is 8.01. The fourth-order valence-corrected chi connectivity index (χ4v) is 5.35. The van der Waals surface area contributed by atoms with Gasteiger partial charge < -0.3 is 9.64 Å². The van der Waals surface area contributed by atoms with Crippen LogP contribution in [0.2, 0.25) is 0 Å². The van der Waals surface area contributed by atoms with E-state index in [0.29, 0.717) is 22.8 Å². The molecule has 0 N–H and O–H groups in total. The lowest BCUT2D eigenvalue weighted by molar-refractivity contribution is -0.154. The summed E-state index contributed by atoms with van der Waals surface area (Å²) in [6, 6.07) is 0.809. The van der Waals surface area contributed by atoms with Crippen LogP contribution in [0.15, 0.2) is 22.4 Å². The van der Waals surface area contributed by atoms with E-state index in [1.54, 1.807) is 28.2 Å². The lowest BCUT2D eigenvalue weighted by atomic mass is 10.2. The molecule has 4 heterocycles. The number of amides is 1. The molecular formula is C15H15N3O4S2. The minimum Gasteiger partial charge on any atom is -0.458 e. The van der Waals surface area contributed by atoms with Crippen LogP contribution in [-0.4, -0.2) is 42.8 Å². The minimum atomic E-state index is -0.554. The summed E-state index contributed by atoms with van der Waals surface area (Å²) in [5.41, 5.74) is 0.211. The van der Waals surface area contributed by atoms with Crippen LogP contribution in [0.3, 0.4) is 0 Å². The van der Waals surface area contributed by atoms with Crippen LogP contribution in [0.5, 0.6) is 0 Å². The van der Waals surface area contributed by atoms with Crippen molar-refractivity contribution in [2.75, 3.05) is 5.75 Å². The van der Waals surface area contributed by atoms with E-state index in [9.17, 15) is 14.4 Å². The molecule has 2 saturated heterocycles. The zero-order valence-corrected chi connectivity index (χ0v) is 14.6. The SMILES string of the molecule is C[C@@]12CCC(=O)N1[C@@H](C(=O)OCc1cc(=O)n3ccsc3n1)CS2. The number of hydrogen-bond acceptors (Lipinski definition) is 7. The number of rotatable bonds is 3. The van der Waals surface area contributed by atoms with Crippen LogP contribution in [0.4, 0.5) is 0 Å². The Morgan fingerprint density at radius 3 is 3.17 bits per heavy atom. The molecule has 0 saturated carbocycles. The van der Waals surface area contributed by atoms with E-state index >= 15 is 0 Å². The summed E-state index contributed by atoms with van der Waals surface area (Å²) in [5, 5.41) is 1.77. The van der Waals surface area contributed by atoms with Crippen LogP contribution in [-0.2, 0) is 20.9 Å². The van der Waals surface area contributed by atoms with Crippen LogP contribution in [0, 0.1) is 0 Å². The second-order valence-electron chi connectivity index (χ2n) is 6.01. The highest BCUT2D eigenvalue weighted by Crippen LogP contribution is 2.47. The van der Waals surface area contributed by atoms with Crippen molar-refractivity contribution in [1.29, 1.82) is 0 Å². The highest BCUT2D eigenvalue weighted by atomic mass is 32.2. The van der Waals surface area contributed by atoms with Gasteiger partial charge in [-0.3, -0.25) is 14.0 Å². The number of carbonyl (C=O) groups excluding carboxylic acids is 2. The molecule has 2 aromatic heterocycles. The first-order valence-corrected chi connectivity index (χ1v) is 9.43. The van der Waals surface area contributed by atoms with Crippen molar-refractivity contribution in [1.82, 2.24) is 14.3 Å². The molecule has 4 rings (SSSR count). The van der Waals surface area contributed by atoms with Gasteiger partial charge in [0.1, 0.15) is 12.6 Å². The first kappa shape index (κ1) is 15.6. The number of thiazole rings is 1. The number of aromatic nitrogens is 2. The van der Waals surface area contributed by atoms with Crippen molar-refractivity contribution in [2.45, 2.75) is 37.3 Å². The second kappa shape index (κ2) is 5.59. The molecule has 2 fully saturated rings. The number of hydrogen-bond donors (Lipinski definition) is 0. The molecule has 2 aromatic rings. The average Bonchev–Trinajstić information content (AvgIpc) is 3.21. The van der Waals surface area contributed by atoms with Gasteiger partial charge in [-0.25, -0.2) is 9.78 Å². The third-order valence-corrected chi connectivity index (χ3v) is 6.70. The average molecular weight is 365 g/mol. The van der Waals surface area contributed by atoms with Crippen LogP contribution >= 0.6 is 23.1 Å². The Morgan fingerprint density at radius 2 is 2.33 bits per heavy atom. The Labute approximate surface area is 145 Å². The van der Waals surface area contributed by atoms with E-state index in [4.69, 9.17) is 4.74 Å². The van der Waals surface area contributed by atoms with Crippen molar-refractivity contribution in [3.8, 4) is 0 Å². The minimum absolute atomic E-state index is 0.000764. The third-order valence-electron chi connectivity index (χ3n) is 4.44. The predicted molar refractivity (Wildman–Crippen MR) is 89.9 cm³/mol. The molecule has 9 heteroatoms. The van der Waals surface area contributed by atoms with Crippen molar-refractivity contribution >= 4 is 39.9 Å². The molecule has 2 atom stereocenters. The normalized spacial score (nSPS) is 26.1. The molecule has 0 radical (unpaired) electrons. The molecule has 2 aliphatic rings. The van der Waals surface area contributed by atoms with Crippen molar-refractivity contribution < 1.29 is 14.3 Å². The lowest BCUT2D eigenvalue weighted by Gasteiger charge is -2.29. The first-order chi connectivity index (χ1) is 11.5. The Hall–Kier alpha value is -1.87. The van der Waals surface area contributed by atoms with Gasteiger partial charge in [-0.1, -0.05) is 0 Å². The molecule has 0 bridgehead atoms. The molecular weight excluding hydrogens is 350 g/mol. The van der Waals surface area contributed by atoms with Crippen molar-refractivity contribution in [2.24, 2.45) is 0 Å². The molecule has 126 valence electrons. The molecule has 24 heavy (non-hydrogen) atoms. The monoisotopic (exact) mass is 365 g/mol. The fraction of sp³-hybridized carbons (Fsp3) is 0.467. The Balaban J connectivity index is 1.48. The maximum Gasteiger partial charge on any atom is 0.330 e. The van der Waals surface area contributed by atoms with E-state index in [0.717, 1.165) is 6.42 Å². The van der Waals surface area contributed by atoms with Crippen molar-refractivity contribution in [3.63, 3.8) is 0 Å². The largest absolute Gasteiger partial charge is 0.458 e. The molecule has 7 nitrogen and oxygen atoms in total. The molecule has 0 aliphatic carbocycles. The summed E-state index contributed by atoms with van der Waals surface area (Å²) in [6.07, 6.45) is 2.88. The molecule has 2 aliphatic heterocycles. The Bertz CT molecular complexity index is 892. The van der Waals surface area contributed by atoms with Gasteiger partial charge in [0, 0.05) is 29.8 Å². The van der Waals surface area contributed by atoms with Gasteiger partial charge in [-0.2, -0.15) is 0 Å². The van der Waals surface area contributed by atoms with E-state index in [1.165, 1.54) is 21.8 Å². The van der Waals surface area contributed by atoms with E-state index in [-0.39, 0.29) is 22.9 Å².